The molecule has 2 aliphatic heterocycles. The molecule has 30 heavy (non-hydrogen) atoms. The van der Waals surface area contributed by atoms with Gasteiger partial charge in [0.2, 0.25) is 17.7 Å². The zero-order chi connectivity index (χ0) is 21.7. The Balaban J connectivity index is 1.44. The standard InChI is InChI=1S/C20H25FN4O5/c1-2-30-20(29)24-9-7-23(8-10-24)18(27)12-22-19(28)14-11-17(26)25(13-14)16-5-3-15(21)4-6-16/h3-6,14H,2,7-13H2,1H3,(H,22,28). The van der Waals surface area contributed by atoms with Gasteiger partial charge in [0.05, 0.1) is 19.1 Å². The Labute approximate surface area is 173 Å². The maximum atomic E-state index is 13.1. The number of halogens is 1. The van der Waals surface area contributed by atoms with Crippen molar-refractivity contribution >= 4 is 29.5 Å². The molecule has 1 aromatic carbocycles. The van der Waals surface area contributed by atoms with Gasteiger partial charge >= 0.3 is 6.09 Å². The second-order valence-electron chi connectivity index (χ2n) is 7.17. The highest BCUT2D eigenvalue weighted by Crippen LogP contribution is 2.25. The molecule has 3 rings (SSSR count). The van der Waals surface area contributed by atoms with Gasteiger partial charge in [0.15, 0.2) is 0 Å². The van der Waals surface area contributed by atoms with Crippen molar-refractivity contribution in [1.82, 2.24) is 15.1 Å². The normalized spacial score (nSPS) is 19.1. The van der Waals surface area contributed by atoms with E-state index in [1.54, 1.807) is 16.7 Å². The number of nitrogens with one attached hydrogen (secondary N) is 1. The number of carbonyl (C=O) groups is 4. The molecular weight excluding hydrogens is 395 g/mol. The number of hydrogen-bond donors (Lipinski definition) is 1. The molecule has 1 unspecified atom stereocenters. The van der Waals surface area contributed by atoms with Crippen LogP contribution in [0, 0.1) is 11.7 Å². The maximum Gasteiger partial charge on any atom is 0.409 e. The number of benzene rings is 1. The van der Waals surface area contributed by atoms with Crippen LogP contribution in [0.3, 0.4) is 0 Å². The van der Waals surface area contributed by atoms with E-state index in [0.29, 0.717) is 38.5 Å². The lowest BCUT2D eigenvalue weighted by molar-refractivity contribution is -0.135. The zero-order valence-electron chi connectivity index (χ0n) is 16.8. The average molecular weight is 420 g/mol. The monoisotopic (exact) mass is 420 g/mol. The van der Waals surface area contributed by atoms with Crippen LogP contribution in [0.1, 0.15) is 13.3 Å². The summed E-state index contributed by atoms with van der Waals surface area (Å²) in [6.45, 7) is 3.54. The molecule has 0 radical (unpaired) electrons. The van der Waals surface area contributed by atoms with Crippen LogP contribution in [-0.2, 0) is 19.1 Å². The van der Waals surface area contributed by atoms with Crippen molar-refractivity contribution in [2.75, 3.05) is 50.8 Å². The quantitative estimate of drug-likeness (QED) is 0.752. The first-order chi connectivity index (χ1) is 14.4. The number of carbonyl (C=O) groups excluding carboxylic acids is 4. The van der Waals surface area contributed by atoms with Crippen LogP contribution >= 0.6 is 0 Å². The van der Waals surface area contributed by atoms with Gasteiger partial charge in [-0.2, -0.15) is 0 Å². The molecular formula is C20H25FN4O5. The lowest BCUT2D eigenvalue weighted by Crippen LogP contribution is -2.53. The van der Waals surface area contributed by atoms with Crippen LogP contribution in [0.25, 0.3) is 0 Å². The largest absolute Gasteiger partial charge is 0.450 e. The Hall–Kier alpha value is -3.17. The van der Waals surface area contributed by atoms with Crippen LogP contribution < -0.4 is 10.2 Å². The highest BCUT2D eigenvalue weighted by Gasteiger charge is 2.35. The molecule has 0 spiro atoms. The van der Waals surface area contributed by atoms with Gasteiger partial charge in [-0.3, -0.25) is 14.4 Å². The SMILES string of the molecule is CCOC(=O)N1CCN(C(=O)CNC(=O)C2CC(=O)N(c3ccc(F)cc3)C2)CC1. The summed E-state index contributed by atoms with van der Waals surface area (Å²) in [4.78, 5) is 53.3. The van der Waals surface area contributed by atoms with Crippen molar-refractivity contribution in [2.45, 2.75) is 13.3 Å². The summed E-state index contributed by atoms with van der Waals surface area (Å²) in [5.74, 6) is -1.81. The van der Waals surface area contributed by atoms with Crippen molar-refractivity contribution in [2.24, 2.45) is 5.92 Å². The van der Waals surface area contributed by atoms with E-state index in [4.69, 9.17) is 4.74 Å². The van der Waals surface area contributed by atoms with Crippen molar-refractivity contribution in [3.05, 3.63) is 30.1 Å². The van der Waals surface area contributed by atoms with E-state index in [-0.39, 0.29) is 37.2 Å². The fourth-order valence-corrected chi connectivity index (χ4v) is 3.53. The van der Waals surface area contributed by atoms with E-state index in [1.807, 2.05) is 0 Å². The lowest BCUT2D eigenvalue weighted by atomic mass is 10.1. The number of nitrogens with zero attached hydrogens (tertiary/aromatic N) is 3. The molecule has 1 N–H and O–H groups in total. The third kappa shape index (κ3) is 5.05. The third-order valence-electron chi connectivity index (χ3n) is 5.21. The van der Waals surface area contributed by atoms with E-state index in [0.717, 1.165) is 0 Å². The minimum atomic E-state index is -0.573. The Morgan fingerprint density at radius 2 is 1.73 bits per heavy atom. The molecule has 0 aliphatic carbocycles. The third-order valence-corrected chi connectivity index (χ3v) is 5.21. The second-order valence-corrected chi connectivity index (χ2v) is 7.17. The number of amides is 4. The number of piperazine rings is 1. The van der Waals surface area contributed by atoms with Crippen molar-refractivity contribution in [3.8, 4) is 0 Å². The van der Waals surface area contributed by atoms with Gasteiger partial charge in [-0.05, 0) is 31.2 Å². The molecule has 2 saturated heterocycles. The Morgan fingerprint density at radius 3 is 2.37 bits per heavy atom. The fraction of sp³-hybridized carbons (Fsp3) is 0.500. The van der Waals surface area contributed by atoms with Crippen molar-refractivity contribution in [1.29, 1.82) is 0 Å². The van der Waals surface area contributed by atoms with Crippen LogP contribution in [0.2, 0.25) is 0 Å². The summed E-state index contributed by atoms with van der Waals surface area (Å²) in [6, 6.07) is 5.51. The van der Waals surface area contributed by atoms with Crippen LogP contribution in [-0.4, -0.2) is 79.5 Å². The first kappa shape index (κ1) is 21.5. The molecule has 2 aliphatic rings. The molecule has 9 nitrogen and oxygen atoms in total. The molecule has 162 valence electrons. The summed E-state index contributed by atoms with van der Waals surface area (Å²) in [6.07, 6.45) is -0.357. The predicted octanol–water partition coefficient (Wildman–Crippen LogP) is 0.596. The van der Waals surface area contributed by atoms with E-state index in [2.05, 4.69) is 5.32 Å². The minimum Gasteiger partial charge on any atom is -0.450 e. The summed E-state index contributed by atoms with van der Waals surface area (Å²) >= 11 is 0. The fourth-order valence-electron chi connectivity index (χ4n) is 3.53. The smallest absolute Gasteiger partial charge is 0.409 e. The van der Waals surface area contributed by atoms with E-state index in [9.17, 15) is 23.6 Å². The summed E-state index contributed by atoms with van der Waals surface area (Å²) in [7, 11) is 0. The predicted molar refractivity (Wildman–Crippen MR) is 105 cm³/mol. The summed E-state index contributed by atoms with van der Waals surface area (Å²) in [5, 5.41) is 2.60. The van der Waals surface area contributed by atoms with E-state index < -0.39 is 17.8 Å². The molecule has 2 heterocycles. The van der Waals surface area contributed by atoms with Crippen LogP contribution in [0.15, 0.2) is 24.3 Å². The highest BCUT2D eigenvalue weighted by atomic mass is 19.1. The molecule has 0 saturated carbocycles. The van der Waals surface area contributed by atoms with Gasteiger partial charge < -0.3 is 24.8 Å². The Bertz CT molecular complexity index is 808. The van der Waals surface area contributed by atoms with Gasteiger partial charge in [-0.25, -0.2) is 9.18 Å². The van der Waals surface area contributed by atoms with E-state index >= 15 is 0 Å². The van der Waals surface area contributed by atoms with Crippen LogP contribution in [0.5, 0.6) is 0 Å². The highest BCUT2D eigenvalue weighted by molar-refractivity contribution is 6.00. The minimum absolute atomic E-state index is 0.0373. The Kier molecular flexibility index (Phi) is 6.86. The number of ether oxygens (including phenoxy) is 1. The summed E-state index contributed by atoms with van der Waals surface area (Å²) in [5.41, 5.74) is 0.534. The first-order valence-electron chi connectivity index (χ1n) is 9.92. The van der Waals surface area contributed by atoms with Crippen LogP contribution in [0.4, 0.5) is 14.9 Å². The Morgan fingerprint density at radius 1 is 1.10 bits per heavy atom. The molecule has 1 aromatic rings. The number of rotatable bonds is 5. The summed E-state index contributed by atoms with van der Waals surface area (Å²) < 4.78 is 18.0. The molecule has 2 fully saturated rings. The van der Waals surface area contributed by atoms with Crippen molar-refractivity contribution in [3.63, 3.8) is 0 Å². The van der Waals surface area contributed by atoms with Gasteiger partial charge in [0.1, 0.15) is 5.82 Å². The average Bonchev–Trinajstić information content (AvgIpc) is 3.14. The number of hydrogen-bond acceptors (Lipinski definition) is 5. The van der Waals surface area contributed by atoms with Gasteiger partial charge in [0, 0.05) is 44.8 Å². The second kappa shape index (κ2) is 9.55. The van der Waals surface area contributed by atoms with Crippen molar-refractivity contribution < 1.29 is 28.3 Å². The topological polar surface area (TPSA) is 99.3 Å². The lowest BCUT2D eigenvalue weighted by Gasteiger charge is -2.34. The molecule has 10 heteroatoms. The molecule has 4 amide bonds. The molecule has 0 bridgehead atoms. The van der Waals surface area contributed by atoms with Gasteiger partial charge in [-0.15, -0.1) is 0 Å². The molecule has 0 aromatic heterocycles. The van der Waals surface area contributed by atoms with Gasteiger partial charge in [-0.1, -0.05) is 0 Å². The zero-order valence-corrected chi connectivity index (χ0v) is 16.8. The first-order valence-corrected chi connectivity index (χ1v) is 9.92. The number of anilines is 1. The van der Waals surface area contributed by atoms with Gasteiger partial charge in [0.25, 0.3) is 0 Å². The van der Waals surface area contributed by atoms with E-state index in [1.165, 1.54) is 29.2 Å². The maximum absolute atomic E-state index is 13.1. The molecule has 1 atom stereocenters.